The number of rotatable bonds is 2. The van der Waals surface area contributed by atoms with Gasteiger partial charge in [0.15, 0.2) is 5.28 Å². The first kappa shape index (κ1) is 11.8. The molecule has 1 aliphatic heterocycles. The molecule has 0 amide bonds. The number of nitrogens with one attached hydrogen (secondary N) is 1. The van der Waals surface area contributed by atoms with Crippen LogP contribution in [0.25, 0.3) is 0 Å². The number of hydrogen-bond donors (Lipinski definition) is 1. The molecule has 0 spiro atoms. The van der Waals surface area contributed by atoms with Gasteiger partial charge in [0.1, 0.15) is 0 Å². The van der Waals surface area contributed by atoms with Crippen LogP contribution in [0.2, 0.25) is 5.28 Å². The van der Waals surface area contributed by atoms with Crippen LogP contribution in [-0.2, 0) is 6.42 Å². The lowest BCUT2D eigenvalue weighted by molar-refractivity contribution is 0.362. The number of halogens is 1. The number of aryl methyl sites for hydroxylation is 1. The van der Waals surface area contributed by atoms with Crippen molar-refractivity contribution < 1.29 is 0 Å². The topological polar surface area (TPSA) is 31.9 Å². The summed E-state index contributed by atoms with van der Waals surface area (Å²) < 4.78 is 0. The summed E-state index contributed by atoms with van der Waals surface area (Å²) in [6, 6.07) is 0. The maximum atomic E-state index is 6.01. The molecule has 0 saturated carbocycles. The average molecular weight is 264 g/mol. The van der Waals surface area contributed by atoms with Crippen LogP contribution in [0.5, 0.6) is 0 Å². The van der Waals surface area contributed by atoms with Crippen LogP contribution < -0.4 is 0 Å². The summed E-state index contributed by atoms with van der Waals surface area (Å²) in [5, 5.41) is 0.543. The van der Waals surface area contributed by atoms with Gasteiger partial charge < -0.3 is 9.88 Å². The second-order valence-corrected chi connectivity index (χ2v) is 5.42. The zero-order valence-electron chi connectivity index (χ0n) is 10.4. The highest BCUT2D eigenvalue weighted by atomic mass is 35.5. The first-order valence-electron chi connectivity index (χ1n) is 6.64. The minimum absolute atomic E-state index is 0.502. The average Bonchev–Trinajstić information content (AvgIpc) is 2.66. The van der Waals surface area contributed by atoms with Gasteiger partial charge in [-0.2, -0.15) is 0 Å². The van der Waals surface area contributed by atoms with E-state index in [0.29, 0.717) is 11.2 Å². The highest BCUT2D eigenvalue weighted by Crippen LogP contribution is 2.30. The second-order valence-electron chi connectivity index (χ2n) is 5.06. The van der Waals surface area contributed by atoms with Gasteiger partial charge in [0, 0.05) is 24.7 Å². The van der Waals surface area contributed by atoms with Crippen LogP contribution in [-0.4, -0.2) is 28.0 Å². The Hall–Kier alpha value is -1.22. The third-order valence-corrected chi connectivity index (χ3v) is 3.92. The molecule has 1 aliphatic carbocycles. The molecule has 2 heterocycles. The summed E-state index contributed by atoms with van der Waals surface area (Å²) in [5.41, 5.74) is 2.44. The zero-order chi connectivity index (χ0) is 12.4. The molecule has 3 rings (SSSR count). The number of nitrogens with zero attached hydrogens (tertiary/aromatic N) is 2. The van der Waals surface area contributed by atoms with Gasteiger partial charge in [0.05, 0.1) is 5.69 Å². The largest absolute Gasteiger partial charge is 0.373 e. The Morgan fingerprint density at radius 2 is 2.33 bits per heavy atom. The fourth-order valence-electron chi connectivity index (χ4n) is 2.85. The van der Waals surface area contributed by atoms with Crippen molar-refractivity contribution in [2.45, 2.75) is 31.6 Å². The molecule has 0 fully saturated rings. The Morgan fingerprint density at radius 3 is 3.17 bits per heavy atom. The standard InChI is InChI=1S/C14H18ClN3/c15-14-16-12-7-3-2-6-11(13(12)17-14)10-18-8-4-1-5-9-18/h1,4-5,8,11H,2-3,6-7,9-10H2,(H,16,17). The van der Waals surface area contributed by atoms with Crippen LogP contribution in [0.15, 0.2) is 24.4 Å². The number of imidazole rings is 1. The number of aromatic amines is 1. The third kappa shape index (κ3) is 2.46. The molecule has 1 aromatic rings. The van der Waals surface area contributed by atoms with E-state index in [-0.39, 0.29) is 0 Å². The van der Waals surface area contributed by atoms with E-state index in [1.54, 1.807) is 0 Å². The molecular formula is C14H18ClN3. The monoisotopic (exact) mass is 263 g/mol. The number of hydrogen-bond acceptors (Lipinski definition) is 2. The minimum Gasteiger partial charge on any atom is -0.373 e. The molecule has 96 valence electrons. The van der Waals surface area contributed by atoms with Gasteiger partial charge in [-0.25, -0.2) is 4.98 Å². The summed E-state index contributed by atoms with van der Waals surface area (Å²) in [6.45, 7) is 2.04. The SMILES string of the molecule is Clc1nc2c([nH]1)CCCCC2CN1C=CC=CC1. The highest BCUT2D eigenvalue weighted by molar-refractivity contribution is 6.28. The summed E-state index contributed by atoms with van der Waals surface area (Å²) in [7, 11) is 0. The van der Waals surface area contributed by atoms with Crippen molar-refractivity contribution in [1.29, 1.82) is 0 Å². The zero-order valence-corrected chi connectivity index (χ0v) is 11.2. The molecule has 0 radical (unpaired) electrons. The number of aromatic nitrogens is 2. The fourth-order valence-corrected chi connectivity index (χ4v) is 3.06. The molecule has 0 aromatic carbocycles. The van der Waals surface area contributed by atoms with Crippen LogP contribution in [0, 0.1) is 0 Å². The Kier molecular flexibility index (Phi) is 3.41. The van der Waals surface area contributed by atoms with Gasteiger partial charge in [-0.3, -0.25) is 0 Å². The van der Waals surface area contributed by atoms with E-state index in [1.165, 1.54) is 30.7 Å². The molecule has 0 saturated heterocycles. The van der Waals surface area contributed by atoms with Crippen molar-refractivity contribution in [2.75, 3.05) is 13.1 Å². The van der Waals surface area contributed by atoms with Crippen LogP contribution in [0.1, 0.15) is 36.6 Å². The number of fused-ring (bicyclic) bond motifs is 1. The van der Waals surface area contributed by atoms with Gasteiger partial charge >= 0.3 is 0 Å². The minimum atomic E-state index is 0.502. The van der Waals surface area contributed by atoms with Crippen molar-refractivity contribution in [3.63, 3.8) is 0 Å². The van der Waals surface area contributed by atoms with Crippen molar-refractivity contribution in [2.24, 2.45) is 0 Å². The Bertz CT molecular complexity index is 475. The van der Waals surface area contributed by atoms with Crippen molar-refractivity contribution in [3.05, 3.63) is 41.1 Å². The molecule has 1 aromatic heterocycles. The van der Waals surface area contributed by atoms with Gasteiger partial charge in [0.25, 0.3) is 0 Å². The first-order valence-corrected chi connectivity index (χ1v) is 7.02. The summed E-state index contributed by atoms with van der Waals surface area (Å²) in [5.74, 6) is 0.502. The molecule has 3 nitrogen and oxygen atoms in total. The predicted molar refractivity (Wildman–Crippen MR) is 73.7 cm³/mol. The van der Waals surface area contributed by atoms with Crippen LogP contribution in [0.4, 0.5) is 0 Å². The van der Waals surface area contributed by atoms with E-state index in [1.807, 2.05) is 0 Å². The highest BCUT2D eigenvalue weighted by Gasteiger charge is 2.23. The molecule has 0 bridgehead atoms. The van der Waals surface area contributed by atoms with Crippen LogP contribution >= 0.6 is 11.6 Å². The van der Waals surface area contributed by atoms with Gasteiger partial charge in [-0.1, -0.05) is 18.6 Å². The number of H-pyrrole nitrogens is 1. The van der Waals surface area contributed by atoms with Gasteiger partial charge in [0.2, 0.25) is 0 Å². The Morgan fingerprint density at radius 1 is 1.39 bits per heavy atom. The Balaban J connectivity index is 1.78. The molecule has 1 atom stereocenters. The predicted octanol–water partition coefficient (Wildman–Crippen LogP) is 3.26. The van der Waals surface area contributed by atoms with E-state index >= 15 is 0 Å². The summed E-state index contributed by atoms with van der Waals surface area (Å²) in [6.07, 6.45) is 13.4. The number of allylic oxidation sites excluding steroid dienone is 2. The normalized spacial score (nSPS) is 22.9. The molecule has 1 N–H and O–H groups in total. The van der Waals surface area contributed by atoms with E-state index in [0.717, 1.165) is 19.5 Å². The van der Waals surface area contributed by atoms with Crippen LogP contribution in [0.3, 0.4) is 0 Å². The Labute approximate surface area is 113 Å². The molecule has 2 aliphatic rings. The summed E-state index contributed by atoms with van der Waals surface area (Å²) >= 11 is 6.01. The van der Waals surface area contributed by atoms with Crippen molar-refractivity contribution in [1.82, 2.24) is 14.9 Å². The third-order valence-electron chi connectivity index (χ3n) is 3.74. The van der Waals surface area contributed by atoms with Gasteiger partial charge in [-0.15, -0.1) is 0 Å². The lowest BCUT2D eigenvalue weighted by atomic mass is 9.99. The van der Waals surface area contributed by atoms with E-state index in [2.05, 4.69) is 39.3 Å². The second kappa shape index (κ2) is 5.19. The molecule has 4 heteroatoms. The molecule has 1 unspecified atom stereocenters. The maximum absolute atomic E-state index is 6.01. The lowest BCUT2D eigenvalue weighted by Gasteiger charge is -2.25. The van der Waals surface area contributed by atoms with E-state index in [9.17, 15) is 0 Å². The quantitative estimate of drug-likeness (QED) is 0.831. The summed E-state index contributed by atoms with van der Waals surface area (Å²) in [4.78, 5) is 10.1. The lowest BCUT2D eigenvalue weighted by Crippen LogP contribution is -2.25. The van der Waals surface area contributed by atoms with Crippen molar-refractivity contribution >= 4 is 11.6 Å². The fraction of sp³-hybridized carbons (Fsp3) is 0.500. The van der Waals surface area contributed by atoms with E-state index in [4.69, 9.17) is 11.6 Å². The maximum Gasteiger partial charge on any atom is 0.200 e. The van der Waals surface area contributed by atoms with Crippen molar-refractivity contribution in [3.8, 4) is 0 Å². The smallest absolute Gasteiger partial charge is 0.200 e. The first-order chi connectivity index (χ1) is 8.83. The molecular weight excluding hydrogens is 246 g/mol. The van der Waals surface area contributed by atoms with Gasteiger partial charge in [-0.05, 0) is 43.1 Å². The van der Waals surface area contributed by atoms with E-state index < -0.39 is 0 Å². The molecule has 18 heavy (non-hydrogen) atoms.